The Morgan fingerprint density at radius 1 is 1.06 bits per heavy atom. The Morgan fingerprint density at radius 3 is 2.23 bits per heavy atom. The van der Waals surface area contributed by atoms with Gasteiger partial charge in [-0.3, -0.25) is 9.59 Å². The van der Waals surface area contributed by atoms with Gasteiger partial charge in [-0.15, -0.1) is 0 Å². The van der Waals surface area contributed by atoms with Crippen molar-refractivity contribution in [3.8, 4) is 16.9 Å². The second-order valence-corrected chi connectivity index (χ2v) is 8.76. The van der Waals surface area contributed by atoms with Crippen molar-refractivity contribution in [1.82, 2.24) is 10.2 Å². The minimum Gasteiger partial charge on any atom is -0.497 e. The van der Waals surface area contributed by atoms with Crippen molar-refractivity contribution in [3.63, 3.8) is 0 Å². The molecule has 0 saturated carbocycles. The van der Waals surface area contributed by atoms with E-state index in [0.717, 1.165) is 41.8 Å². The van der Waals surface area contributed by atoms with Crippen LogP contribution in [0.3, 0.4) is 0 Å². The van der Waals surface area contributed by atoms with Crippen LogP contribution >= 0.6 is 0 Å². The number of piperidine rings is 1. The molecule has 0 aromatic heterocycles. The van der Waals surface area contributed by atoms with Crippen LogP contribution < -0.4 is 10.1 Å². The van der Waals surface area contributed by atoms with E-state index in [1.807, 2.05) is 49.9 Å². The van der Waals surface area contributed by atoms with Crippen LogP contribution in [0.25, 0.3) is 11.1 Å². The molecule has 2 aromatic carbocycles. The molecule has 31 heavy (non-hydrogen) atoms. The molecule has 0 spiro atoms. The lowest BCUT2D eigenvalue weighted by Gasteiger charge is -2.42. The van der Waals surface area contributed by atoms with Gasteiger partial charge in [0, 0.05) is 25.6 Å². The number of amides is 2. The van der Waals surface area contributed by atoms with Gasteiger partial charge in [0.15, 0.2) is 0 Å². The summed E-state index contributed by atoms with van der Waals surface area (Å²) in [6, 6.07) is 16.4. The molecule has 1 aliphatic heterocycles. The van der Waals surface area contributed by atoms with E-state index in [0.29, 0.717) is 19.5 Å². The Balaban J connectivity index is 1.82. The number of nitrogens with zero attached hydrogens (tertiary/aromatic N) is 1. The number of carbonyl (C=O) groups excluding carboxylic acids is 2. The van der Waals surface area contributed by atoms with Crippen molar-refractivity contribution < 1.29 is 14.3 Å². The number of ether oxygens (including phenoxy) is 1. The van der Waals surface area contributed by atoms with Crippen molar-refractivity contribution in [1.29, 1.82) is 0 Å². The van der Waals surface area contributed by atoms with E-state index >= 15 is 0 Å². The molecule has 5 nitrogen and oxygen atoms in total. The van der Waals surface area contributed by atoms with Crippen LogP contribution in [0, 0.1) is 11.3 Å². The number of benzene rings is 2. The molecule has 0 bridgehead atoms. The third-order valence-electron chi connectivity index (χ3n) is 6.12. The quantitative estimate of drug-likeness (QED) is 0.724. The summed E-state index contributed by atoms with van der Waals surface area (Å²) in [5.74, 6) is 0.953. The largest absolute Gasteiger partial charge is 0.497 e. The van der Waals surface area contributed by atoms with Crippen molar-refractivity contribution in [3.05, 3.63) is 54.1 Å². The maximum absolute atomic E-state index is 13.2. The van der Waals surface area contributed by atoms with Crippen molar-refractivity contribution in [2.75, 3.05) is 26.7 Å². The maximum Gasteiger partial charge on any atom is 0.228 e. The minimum atomic E-state index is -0.583. The number of likely N-dealkylation sites (tertiary alicyclic amines) is 1. The average molecular weight is 423 g/mol. The Morgan fingerprint density at radius 2 is 1.68 bits per heavy atom. The van der Waals surface area contributed by atoms with Gasteiger partial charge in [0.05, 0.1) is 12.5 Å². The molecule has 1 fully saturated rings. The summed E-state index contributed by atoms with van der Waals surface area (Å²) in [4.78, 5) is 27.7. The van der Waals surface area contributed by atoms with Gasteiger partial charge in [-0.05, 0) is 55.0 Å². The van der Waals surface area contributed by atoms with E-state index in [2.05, 4.69) is 29.6 Å². The summed E-state index contributed by atoms with van der Waals surface area (Å²) in [6.07, 6.45) is 2.27. The van der Waals surface area contributed by atoms with Gasteiger partial charge in [-0.25, -0.2) is 0 Å². The molecule has 3 rings (SSSR count). The fourth-order valence-corrected chi connectivity index (χ4v) is 4.43. The third-order valence-corrected chi connectivity index (χ3v) is 6.12. The van der Waals surface area contributed by atoms with E-state index in [1.54, 1.807) is 7.11 Å². The molecule has 1 saturated heterocycles. The fraction of sp³-hybridized carbons (Fsp3) is 0.462. The zero-order valence-electron chi connectivity index (χ0n) is 19.1. The predicted molar refractivity (Wildman–Crippen MR) is 124 cm³/mol. The minimum absolute atomic E-state index is 0.0514. The maximum atomic E-state index is 13.2. The number of carbonyl (C=O) groups is 2. The fourth-order valence-electron chi connectivity index (χ4n) is 4.43. The number of nitrogens with one attached hydrogen (secondary N) is 1. The van der Waals surface area contributed by atoms with E-state index < -0.39 is 5.41 Å². The van der Waals surface area contributed by atoms with Crippen LogP contribution in [-0.4, -0.2) is 43.5 Å². The molecule has 2 aromatic rings. The highest BCUT2D eigenvalue weighted by molar-refractivity contribution is 5.85. The van der Waals surface area contributed by atoms with Crippen LogP contribution in [0.1, 0.15) is 39.2 Å². The van der Waals surface area contributed by atoms with Crippen LogP contribution in [0.2, 0.25) is 0 Å². The molecule has 1 unspecified atom stereocenters. The molecular formula is C26H34N2O3. The lowest BCUT2D eigenvalue weighted by Crippen LogP contribution is -2.55. The summed E-state index contributed by atoms with van der Waals surface area (Å²) >= 11 is 0. The van der Waals surface area contributed by atoms with Gasteiger partial charge >= 0.3 is 0 Å². The van der Waals surface area contributed by atoms with E-state index in [9.17, 15) is 9.59 Å². The third kappa shape index (κ3) is 5.27. The summed E-state index contributed by atoms with van der Waals surface area (Å²) < 4.78 is 5.24. The highest BCUT2D eigenvalue weighted by Gasteiger charge is 2.43. The van der Waals surface area contributed by atoms with Gasteiger partial charge in [0.1, 0.15) is 5.75 Å². The zero-order valence-corrected chi connectivity index (χ0v) is 19.1. The highest BCUT2D eigenvalue weighted by Crippen LogP contribution is 2.35. The molecule has 5 heteroatoms. The Bertz CT molecular complexity index is 890. The first-order valence-electron chi connectivity index (χ1n) is 11.2. The number of hydrogen-bond acceptors (Lipinski definition) is 3. The Kier molecular flexibility index (Phi) is 7.37. The molecule has 2 amide bonds. The first-order chi connectivity index (χ1) is 14.9. The van der Waals surface area contributed by atoms with E-state index in [-0.39, 0.29) is 17.7 Å². The lowest BCUT2D eigenvalue weighted by molar-refractivity contribution is -0.143. The smallest absolute Gasteiger partial charge is 0.228 e. The van der Waals surface area contributed by atoms with Gasteiger partial charge in [-0.1, -0.05) is 50.2 Å². The Labute approximate surface area is 185 Å². The topological polar surface area (TPSA) is 58.6 Å². The summed E-state index contributed by atoms with van der Waals surface area (Å²) in [5.41, 5.74) is 2.78. The molecule has 0 aliphatic carbocycles. The van der Waals surface area contributed by atoms with Crippen LogP contribution in [-0.2, 0) is 16.0 Å². The second kappa shape index (κ2) is 9.99. The number of hydrogen-bond donors (Lipinski definition) is 1. The number of methoxy groups -OCH3 is 1. The molecule has 1 heterocycles. The van der Waals surface area contributed by atoms with Crippen LogP contribution in [0.5, 0.6) is 5.75 Å². The monoisotopic (exact) mass is 422 g/mol. The van der Waals surface area contributed by atoms with Crippen molar-refractivity contribution in [2.45, 2.75) is 40.0 Å². The first-order valence-corrected chi connectivity index (χ1v) is 11.2. The van der Waals surface area contributed by atoms with Gasteiger partial charge in [0.2, 0.25) is 11.8 Å². The predicted octanol–water partition coefficient (Wildman–Crippen LogP) is 4.31. The zero-order chi connectivity index (χ0) is 22.4. The van der Waals surface area contributed by atoms with E-state index in [1.165, 1.54) is 0 Å². The molecule has 1 aliphatic rings. The Hall–Kier alpha value is -2.82. The standard InChI is InChI=1S/C26H34N2O3/c1-5-27-25(30)26(15-6-16-28(18-26)24(29)19(2)3)17-20-7-9-21(10-8-20)22-11-13-23(31-4)14-12-22/h7-14,19H,5-6,15-18H2,1-4H3,(H,27,30). The van der Waals surface area contributed by atoms with Crippen molar-refractivity contribution in [2.24, 2.45) is 11.3 Å². The molecule has 1 N–H and O–H groups in total. The van der Waals surface area contributed by atoms with Gasteiger partial charge in [0.25, 0.3) is 0 Å². The normalized spacial score (nSPS) is 18.7. The van der Waals surface area contributed by atoms with Gasteiger partial charge in [-0.2, -0.15) is 0 Å². The molecule has 166 valence electrons. The second-order valence-electron chi connectivity index (χ2n) is 8.76. The molecule has 0 radical (unpaired) electrons. The first kappa shape index (κ1) is 22.9. The highest BCUT2D eigenvalue weighted by atomic mass is 16.5. The van der Waals surface area contributed by atoms with Crippen LogP contribution in [0.15, 0.2) is 48.5 Å². The van der Waals surface area contributed by atoms with Gasteiger partial charge < -0.3 is 15.0 Å². The van der Waals surface area contributed by atoms with Crippen molar-refractivity contribution >= 4 is 11.8 Å². The van der Waals surface area contributed by atoms with Crippen LogP contribution in [0.4, 0.5) is 0 Å². The molecule has 1 atom stereocenters. The SMILES string of the molecule is CCNC(=O)C1(Cc2ccc(-c3ccc(OC)cc3)cc2)CCCN(C(=O)C(C)C)C1. The molecular weight excluding hydrogens is 388 g/mol. The lowest BCUT2D eigenvalue weighted by atomic mass is 9.74. The summed E-state index contributed by atoms with van der Waals surface area (Å²) in [5, 5.41) is 3.02. The summed E-state index contributed by atoms with van der Waals surface area (Å²) in [7, 11) is 1.66. The average Bonchev–Trinajstić information content (AvgIpc) is 2.79. The number of rotatable bonds is 7. The van der Waals surface area contributed by atoms with E-state index in [4.69, 9.17) is 4.74 Å². The summed E-state index contributed by atoms with van der Waals surface area (Å²) in [6.45, 7) is 7.58.